The van der Waals surface area contributed by atoms with E-state index in [0.717, 1.165) is 11.6 Å². The maximum Gasteiger partial charge on any atom is 0.408 e. The van der Waals surface area contributed by atoms with Crippen molar-refractivity contribution in [2.45, 2.75) is 100 Å². The number of pyridine rings is 1. The monoisotopic (exact) mass is 845 g/mol. The molecule has 6 rings (SSSR count). The normalized spacial score (nSPS) is 21.8. The number of hydrogen-bond donors (Lipinski definition) is 3. The standard InChI is InChI=1S/C43H51N5O11S/c1-9-26-23-43(26,39(52)47-60(54,55)29-17-18-29)46-37(50)33-21-28(24-48(33)38(51)36(42(6,7)58-35(49)10-2)45-40(53)59-41(3,4)5)57-34-22-31(25-14-12-11-13-15-25)44-32-20-27(56-8)16-19-30(32)34/h9-16,19-20,22,26,28-29,33,36H,1-2,17-18,21,23-24H2,3-8H3,(H,45,53)(H,46,50)(H,47,52)/t26-,28-,33?,36-,43?/m1/s1. The second-order valence-corrected chi connectivity index (χ2v) is 18.7. The van der Waals surface area contributed by atoms with Crippen molar-refractivity contribution < 1.29 is 51.3 Å². The summed E-state index contributed by atoms with van der Waals surface area (Å²) in [5, 5.41) is 5.21. The minimum atomic E-state index is -3.98. The third kappa shape index (κ3) is 9.56. The molecule has 2 unspecified atom stereocenters. The highest BCUT2D eigenvalue weighted by atomic mass is 32.2. The highest BCUT2D eigenvalue weighted by Crippen LogP contribution is 2.46. The first-order valence-electron chi connectivity index (χ1n) is 19.6. The lowest BCUT2D eigenvalue weighted by Crippen LogP contribution is -2.63. The summed E-state index contributed by atoms with van der Waals surface area (Å²) in [6.07, 6.45) is 1.29. The second kappa shape index (κ2) is 16.6. The van der Waals surface area contributed by atoms with Crippen LogP contribution in [0.3, 0.4) is 0 Å². The number of hydrogen-bond acceptors (Lipinski definition) is 12. The van der Waals surface area contributed by atoms with Crippen LogP contribution in [0.25, 0.3) is 22.2 Å². The van der Waals surface area contributed by atoms with Gasteiger partial charge in [0.05, 0.1) is 30.1 Å². The minimum absolute atomic E-state index is 0.0664. The van der Waals surface area contributed by atoms with Gasteiger partial charge in [0.1, 0.15) is 40.4 Å². The first-order valence-corrected chi connectivity index (χ1v) is 21.1. The van der Waals surface area contributed by atoms with E-state index in [1.807, 2.05) is 30.3 Å². The molecule has 3 N–H and O–H groups in total. The van der Waals surface area contributed by atoms with Crippen molar-refractivity contribution in [1.82, 2.24) is 25.2 Å². The number of sulfonamides is 1. The Hall–Kier alpha value is -5.97. The Labute approximate surface area is 349 Å². The number of carbonyl (C=O) groups is 5. The molecular formula is C43H51N5O11S. The van der Waals surface area contributed by atoms with E-state index in [0.29, 0.717) is 40.9 Å². The molecule has 60 heavy (non-hydrogen) atoms. The molecule has 2 heterocycles. The van der Waals surface area contributed by atoms with Crippen LogP contribution in [0.1, 0.15) is 60.3 Å². The van der Waals surface area contributed by atoms with Gasteiger partial charge in [-0.15, -0.1) is 6.58 Å². The van der Waals surface area contributed by atoms with Gasteiger partial charge in [0, 0.05) is 41.5 Å². The summed E-state index contributed by atoms with van der Waals surface area (Å²) in [7, 11) is -2.44. The Morgan fingerprint density at radius 1 is 0.983 bits per heavy atom. The van der Waals surface area contributed by atoms with Crippen molar-refractivity contribution >= 4 is 50.7 Å². The number of rotatable bonds is 15. The molecule has 16 nitrogen and oxygen atoms in total. The van der Waals surface area contributed by atoms with Gasteiger partial charge in [-0.05, 0) is 66.0 Å². The molecule has 2 saturated carbocycles. The molecule has 320 valence electrons. The highest BCUT2D eigenvalue weighted by molar-refractivity contribution is 7.91. The van der Waals surface area contributed by atoms with Crippen LogP contribution >= 0.6 is 0 Å². The quantitative estimate of drug-likeness (QED) is 0.111. The maximum absolute atomic E-state index is 14.9. The number of likely N-dealkylation sites (tertiary alicyclic amines) is 1. The van der Waals surface area contributed by atoms with Crippen LogP contribution in [-0.2, 0) is 38.7 Å². The average Bonchev–Trinajstić information content (AvgIpc) is 4.12. The van der Waals surface area contributed by atoms with Crippen LogP contribution in [0.5, 0.6) is 11.5 Å². The molecule has 0 radical (unpaired) electrons. The van der Waals surface area contributed by atoms with E-state index in [1.54, 1.807) is 45.0 Å². The summed E-state index contributed by atoms with van der Waals surface area (Å²) in [6.45, 7) is 14.7. The van der Waals surface area contributed by atoms with E-state index in [1.165, 1.54) is 31.9 Å². The van der Waals surface area contributed by atoms with Gasteiger partial charge in [0.25, 0.3) is 5.91 Å². The lowest BCUT2D eigenvalue weighted by molar-refractivity contribution is -0.159. The number of nitrogens with one attached hydrogen (secondary N) is 3. The van der Waals surface area contributed by atoms with Crippen molar-refractivity contribution in [1.29, 1.82) is 0 Å². The van der Waals surface area contributed by atoms with Gasteiger partial charge >= 0.3 is 12.1 Å². The van der Waals surface area contributed by atoms with Crippen LogP contribution in [0.15, 0.2) is 79.9 Å². The van der Waals surface area contributed by atoms with Crippen molar-refractivity contribution in [3.63, 3.8) is 0 Å². The number of ether oxygens (including phenoxy) is 4. The van der Waals surface area contributed by atoms with Gasteiger partial charge < -0.3 is 34.5 Å². The molecule has 4 amide bonds. The fourth-order valence-corrected chi connectivity index (χ4v) is 8.58. The molecule has 2 aliphatic carbocycles. The predicted octanol–water partition coefficient (Wildman–Crippen LogP) is 4.33. The smallest absolute Gasteiger partial charge is 0.408 e. The SMILES string of the molecule is C=CC(=O)OC(C)(C)[C@H](NC(=O)OC(C)(C)C)C(=O)N1C[C@H](Oc2cc(-c3ccccc3)nc3cc(OC)ccc23)CC1C(=O)NC1(C(=O)NS(=O)(=O)C2CC2)C[C@H]1C=C. The van der Waals surface area contributed by atoms with Gasteiger partial charge in [0.15, 0.2) is 6.04 Å². The number of methoxy groups -OCH3 is 1. The molecule has 3 aliphatic rings. The Kier molecular flexibility index (Phi) is 12.1. The number of alkyl carbamates (subject to hydrolysis) is 1. The molecule has 1 saturated heterocycles. The third-order valence-corrected chi connectivity index (χ3v) is 12.4. The minimum Gasteiger partial charge on any atom is -0.497 e. The second-order valence-electron chi connectivity index (χ2n) is 16.7. The number of fused-ring (bicyclic) bond motifs is 1. The van der Waals surface area contributed by atoms with Crippen LogP contribution in [0.4, 0.5) is 4.79 Å². The number of nitrogens with zero attached hydrogens (tertiary/aromatic N) is 2. The van der Waals surface area contributed by atoms with Crippen LogP contribution in [-0.4, -0.2) is 102 Å². The van der Waals surface area contributed by atoms with Crippen LogP contribution < -0.4 is 24.8 Å². The molecule has 1 aromatic heterocycles. The zero-order chi connectivity index (χ0) is 43.8. The fraction of sp³-hybridized carbons (Fsp3) is 0.442. The summed E-state index contributed by atoms with van der Waals surface area (Å²) in [5.74, 6) is -3.08. The van der Waals surface area contributed by atoms with E-state index in [4.69, 9.17) is 23.9 Å². The summed E-state index contributed by atoms with van der Waals surface area (Å²) in [5.41, 5.74) is -2.43. The number of benzene rings is 2. The number of aromatic nitrogens is 1. The molecule has 3 aromatic rings. The van der Waals surface area contributed by atoms with E-state index in [-0.39, 0.29) is 19.4 Å². The molecule has 17 heteroatoms. The molecule has 0 bridgehead atoms. The van der Waals surface area contributed by atoms with E-state index < -0.39 is 85.9 Å². The van der Waals surface area contributed by atoms with Gasteiger partial charge in [-0.3, -0.25) is 19.1 Å². The lowest BCUT2D eigenvalue weighted by Gasteiger charge is -2.37. The van der Waals surface area contributed by atoms with Crippen molar-refractivity contribution in [3.05, 3.63) is 79.9 Å². The highest BCUT2D eigenvalue weighted by Gasteiger charge is 2.62. The van der Waals surface area contributed by atoms with E-state index in [2.05, 4.69) is 28.5 Å². The summed E-state index contributed by atoms with van der Waals surface area (Å²) in [6, 6.07) is 13.5. The van der Waals surface area contributed by atoms with Crippen molar-refractivity contribution in [2.75, 3.05) is 13.7 Å². The average molecular weight is 846 g/mol. The Bertz CT molecular complexity index is 2320. The zero-order valence-electron chi connectivity index (χ0n) is 34.5. The zero-order valence-corrected chi connectivity index (χ0v) is 35.3. The topological polar surface area (TPSA) is 209 Å². The first-order chi connectivity index (χ1) is 28.2. The first kappa shape index (κ1) is 43.6. The molecule has 1 aliphatic heterocycles. The van der Waals surface area contributed by atoms with Crippen molar-refractivity contribution in [2.24, 2.45) is 5.92 Å². The number of amides is 4. The molecule has 0 spiro atoms. The fourth-order valence-electron chi connectivity index (χ4n) is 7.22. The van der Waals surface area contributed by atoms with Gasteiger partial charge in [0.2, 0.25) is 21.8 Å². The Balaban J connectivity index is 1.38. The van der Waals surface area contributed by atoms with Gasteiger partial charge in [-0.25, -0.2) is 23.0 Å². The summed E-state index contributed by atoms with van der Waals surface area (Å²) in [4.78, 5) is 74.9. The predicted molar refractivity (Wildman–Crippen MR) is 221 cm³/mol. The van der Waals surface area contributed by atoms with Crippen LogP contribution in [0.2, 0.25) is 0 Å². The lowest BCUT2D eigenvalue weighted by atomic mass is 9.96. The number of carbonyl (C=O) groups excluding carboxylic acids is 5. The largest absolute Gasteiger partial charge is 0.497 e. The molecular weight excluding hydrogens is 795 g/mol. The molecule has 2 aromatic carbocycles. The van der Waals surface area contributed by atoms with Gasteiger partial charge in [-0.1, -0.05) is 43.0 Å². The van der Waals surface area contributed by atoms with E-state index >= 15 is 0 Å². The Morgan fingerprint density at radius 3 is 2.28 bits per heavy atom. The van der Waals surface area contributed by atoms with Crippen LogP contribution in [0, 0.1) is 5.92 Å². The third-order valence-electron chi connectivity index (χ3n) is 10.6. The van der Waals surface area contributed by atoms with E-state index in [9.17, 15) is 32.4 Å². The van der Waals surface area contributed by atoms with Crippen molar-refractivity contribution in [3.8, 4) is 22.8 Å². The molecule has 5 atom stereocenters. The summed E-state index contributed by atoms with van der Waals surface area (Å²) >= 11 is 0. The maximum atomic E-state index is 14.9. The molecule has 3 fully saturated rings. The Morgan fingerprint density at radius 2 is 1.68 bits per heavy atom. The summed E-state index contributed by atoms with van der Waals surface area (Å²) < 4.78 is 51.0. The van der Waals surface area contributed by atoms with Gasteiger partial charge in [-0.2, -0.15) is 0 Å². The number of esters is 1.